The van der Waals surface area contributed by atoms with Gasteiger partial charge in [-0.3, -0.25) is 4.79 Å². The van der Waals surface area contributed by atoms with Crippen molar-refractivity contribution in [3.05, 3.63) is 11.8 Å². The van der Waals surface area contributed by atoms with Gasteiger partial charge in [-0.2, -0.15) is 0 Å². The van der Waals surface area contributed by atoms with Crippen molar-refractivity contribution in [3.8, 4) is 0 Å². The van der Waals surface area contributed by atoms with Crippen molar-refractivity contribution in [2.75, 3.05) is 17.6 Å². The summed E-state index contributed by atoms with van der Waals surface area (Å²) in [4.78, 5) is 16.5. The Morgan fingerprint density at radius 2 is 2.40 bits per heavy atom. The predicted molar refractivity (Wildman–Crippen MR) is 62.0 cm³/mol. The van der Waals surface area contributed by atoms with E-state index in [1.165, 1.54) is 11.3 Å². The molecule has 4 nitrogen and oxygen atoms in total. The first-order valence-electron chi connectivity index (χ1n) is 5.06. The monoisotopic (exact) mass is 224 g/mol. The van der Waals surface area contributed by atoms with Crippen molar-refractivity contribution in [3.63, 3.8) is 0 Å². The third-order valence-electron chi connectivity index (χ3n) is 2.28. The van der Waals surface area contributed by atoms with Crippen LogP contribution in [0, 0.1) is 12.8 Å². The molecule has 0 saturated heterocycles. The molecule has 3 N–H and O–H groups in total. The number of hydrogen-bond donors (Lipinski definition) is 2. The quantitative estimate of drug-likeness (QED) is 0.750. The van der Waals surface area contributed by atoms with Gasteiger partial charge < -0.3 is 11.1 Å². The molecular weight excluding hydrogens is 210 g/mol. The first kappa shape index (κ1) is 10.4. The van der Waals surface area contributed by atoms with Crippen LogP contribution in [0.2, 0.25) is 0 Å². The van der Waals surface area contributed by atoms with E-state index in [2.05, 4.69) is 17.2 Å². The molecule has 1 aliphatic carbocycles. The Balaban J connectivity index is 2.10. The van der Waals surface area contributed by atoms with Crippen molar-refractivity contribution in [1.82, 2.24) is 4.98 Å². The molecule has 0 spiro atoms. The minimum Gasteiger partial charge on any atom is -0.382 e. The Bertz CT molecular complexity index is 371. The molecule has 5 heteroatoms. The van der Waals surface area contributed by atoms with Crippen molar-refractivity contribution < 1.29 is 4.79 Å². The Morgan fingerprint density at radius 3 is 3.00 bits per heavy atom. The number of carbonyl (C=O) groups is 1. The van der Waals surface area contributed by atoms with E-state index in [4.69, 9.17) is 5.73 Å². The standard InChI is InChI=1S/C10H14N3OS/c1-2-5-12-10-13-9(11)8(15-10)7(14)6-3-4-6/h6H,1-5,11H2,(H,12,13). The maximum Gasteiger partial charge on any atom is 0.185 e. The Kier molecular flexibility index (Phi) is 2.90. The molecule has 1 heterocycles. The maximum absolute atomic E-state index is 11.8. The number of aromatic nitrogens is 1. The molecule has 15 heavy (non-hydrogen) atoms. The maximum atomic E-state index is 11.8. The molecule has 1 aliphatic rings. The van der Waals surface area contributed by atoms with Gasteiger partial charge in [-0.15, -0.1) is 0 Å². The highest BCUT2D eigenvalue weighted by molar-refractivity contribution is 7.18. The summed E-state index contributed by atoms with van der Waals surface area (Å²) in [5, 5.41) is 3.80. The molecule has 1 saturated carbocycles. The smallest absolute Gasteiger partial charge is 0.185 e. The Labute approximate surface area is 92.9 Å². The highest BCUT2D eigenvalue weighted by Gasteiger charge is 2.33. The van der Waals surface area contributed by atoms with Crippen LogP contribution in [0.4, 0.5) is 10.9 Å². The van der Waals surface area contributed by atoms with Gasteiger partial charge in [0.2, 0.25) is 0 Å². The largest absolute Gasteiger partial charge is 0.382 e. The van der Waals surface area contributed by atoms with Crippen LogP contribution in [0.5, 0.6) is 0 Å². The van der Waals surface area contributed by atoms with Gasteiger partial charge in [0.05, 0.1) is 0 Å². The van der Waals surface area contributed by atoms with Crippen molar-refractivity contribution >= 4 is 28.1 Å². The molecule has 1 aromatic rings. The molecule has 0 amide bonds. The molecule has 0 aromatic carbocycles. The fourth-order valence-electron chi connectivity index (χ4n) is 1.31. The first-order valence-corrected chi connectivity index (χ1v) is 5.87. The minimum absolute atomic E-state index is 0.160. The van der Waals surface area contributed by atoms with E-state index in [-0.39, 0.29) is 11.7 Å². The number of ketones is 1. The number of Topliss-reactive ketones (excluding diaryl/α,β-unsaturated/α-hetero) is 1. The lowest BCUT2D eigenvalue weighted by Crippen LogP contribution is -2.02. The number of carbonyl (C=O) groups excluding carboxylic acids is 1. The molecule has 0 atom stereocenters. The normalized spacial score (nSPS) is 15.3. The van der Waals surface area contributed by atoms with E-state index in [0.29, 0.717) is 10.7 Å². The average Bonchev–Trinajstić information content (AvgIpc) is 2.99. The molecule has 1 fully saturated rings. The lowest BCUT2D eigenvalue weighted by atomic mass is 10.2. The summed E-state index contributed by atoms with van der Waals surface area (Å²) in [5.74, 6) is 0.726. The SMILES string of the molecule is [CH2]CCNc1nc(N)c(C(=O)C2CC2)s1. The van der Waals surface area contributed by atoms with Crippen LogP contribution in [0.15, 0.2) is 0 Å². The molecule has 0 unspecified atom stereocenters. The van der Waals surface area contributed by atoms with Crippen LogP contribution < -0.4 is 11.1 Å². The summed E-state index contributed by atoms with van der Waals surface area (Å²) in [6.07, 6.45) is 2.78. The zero-order valence-electron chi connectivity index (χ0n) is 8.45. The number of nitrogen functional groups attached to an aromatic ring is 1. The van der Waals surface area contributed by atoms with Crippen LogP contribution in [0.25, 0.3) is 0 Å². The third kappa shape index (κ3) is 2.28. The summed E-state index contributed by atoms with van der Waals surface area (Å²) < 4.78 is 0. The second kappa shape index (κ2) is 4.18. The molecule has 81 valence electrons. The van der Waals surface area contributed by atoms with Gasteiger partial charge in [0.1, 0.15) is 10.7 Å². The minimum atomic E-state index is 0.160. The van der Waals surface area contributed by atoms with Gasteiger partial charge in [-0.05, 0) is 19.3 Å². The highest BCUT2D eigenvalue weighted by Crippen LogP contribution is 2.37. The number of hydrogen-bond acceptors (Lipinski definition) is 5. The van der Waals surface area contributed by atoms with Gasteiger partial charge in [-0.1, -0.05) is 18.3 Å². The highest BCUT2D eigenvalue weighted by atomic mass is 32.1. The summed E-state index contributed by atoms with van der Waals surface area (Å²) in [7, 11) is 0. The predicted octanol–water partition coefficient (Wildman–Crippen LogP) is 1.95. The average molecular weight is 224 g/mol. The number of anilines is 2. The van der Waals surface area contributed by atoms with Crippen LogP contribution in [-0.2, 0) is 0 Å². The van der Waals surface area contributed by atoms with Gasteiger partial charge in [0.15, 0.2) is 10.9 Å². The van der Waals surface area contributed by atoms with E-state index in [1.54, 1.807) is 0 Å². The molecule has 0 bridgehead atoms. The Hall–Kier alpha value is -1.10. The van der Waals surface area contributed by atoms with Crippen molar-refractivity contribution in [2.24, 2.45) is 5.92 Å². The second-order valence-electron chi connectivity index (χ2n) is 3.65. The number of nitrogens with zero attached hydrogens (tertiary/aromatic N) is 1. The van der Waals surface area contributed by atoms with Gasteiger partial charge >= 0.3 is 0 Å². The fraction of sp³-hybridized carbons (Fsp3) is 0.500. The van der Waals surface area contributed by atoms with Gasteiger partial charge in [0.25, 0.3) is 0 Å². The van der Waals surface area contributed by atoms with Crippen molar-refractivity contribution in [2.45, 2.75) is 19.3 Å². The Morgan fingerprint density at radius 1 is 1.67 bits per heavy atom. The molecule has 1 radical (unpaired) electrons. The van der Waals surface area contributed by atoms with Gasteiger partial charge in [0, 0.05) is 12.5 Å². The number of rotatable bonds is 5. The fourth-order valence-corrected chi connectivity index (χ4v) is 2.24. The zero-order valence-corrected chi connectivity index (χ0v) is 9.27. The molecule has 0 aliphatic heterocycles. The number of nitrogens with one attached hydrogen (secondary N) is 1. The summed E-state index contributed by atoms with van der Waals surface area (Å²) in [5.41, 5.74) is 5.70. The molecular formula is C10H14N3OS. The number of thiazole rings is 1. The van der Waals surface area contributed by atoms with E-state index in [1.807, 2.05) is 0 Å². The van der Waals surface area contributed by atoms with E-state index >= 15 is 0 Å². The lowest BCUT2D eigenvalue weighted by molar-refractivity contribution is 0.0972. The summed E-state index contributed by atoms with van der Waals surface area (Å²) in [6.45, 7) is 4.47. The number of nitrogens with two attached hydrogens (primary N) is 1. The van der Waals surface area contributed by atoms with Crippen LogP contribution >= 0.6 is 11.3 Å². The molecule has 1 aromatic heterocycles. The van der Waals surface area contributed by atoms with Crippen LogP contribution in [0.1, 0.15) is 28.9 Å². The second-order valence-corrected chi connectivity index (χ2v) is 4.65. The third-order valence-corrected chi connectivity index (χ3v) is 3.32. The lowest BCUT2D eigenvalue weighted by Gasteiger charge is -1.96. The van der Waals surface area contributed by atoms with Crippen LogP contribution in [-0.4, -0.2) is 17.3 Å². The summed E-state index contributed by atoms with van der Waals surface area (Å²) in [6, 6.07) is 0. The topological polar surface area (TPSA) is 68.0 Å². The molecule has 2 rings (SSSR count). The van der Waals surface area contributed by atoms with E-state index in [0.717, 1.165) is 30.9 Å². The van der Waals surface area contributed by atoms with E-state index < -0.39 is 0 Å². The summed E-state index contributed by atoms with van der Waals surface area (Å²) >= 11 is 1.35. The van der Waals surface area contributed by atoms with Gasteiger partial charge in [-0.25, -0.2) is 4.98 Å². The first-order chi connectivity index (χ1) is 7.22. The van der Waals surface area contributed by atoms with E-state index in [9.17, 15) is 4.79 Å². The van der Waals surface area contributed by atoms with Crippen LogP contribution in [0.3, 0.4) is 0 Å². The van der Waals surface area contributed by atoms with Crippen molar-refractivity contribution in [1.29, 1.82) is 0 Å². The zero-order chi connectivity index (χ0) is 10.8.